The first-order chi connectivity index (χ1) is 8.59. The summed E-state index contributed by atoms with van der Waals surface area (Å²) in [5.41, 5.74) is 0.805. The van der Waals surface area contributed by atoms with Crippen LogP contribution in [-0.2, 0) is 14.9 Å². The van der Waals surface area contributed by atoms with Crippen molar-refractivity contribution in [3.63, 3.8) is 0 Å². The van der Waals surface area contributed by atoms with E-state index in [0.717, 1.165) is 5.69 Å². The Kier molecular flexibility index (Phi) is 6.67. The lowest BCUT2D eigenvalue weighted by molar-refractivity contribution is -0.152. The molecule has 0 amide bonds. The Morgan fingerprint density at radius 2 is 1.74 bits per heavy atom. The zero-order valence-electron chi connectivity index (χ0n) is 13.2. The molecule has 0 bridgehead atoms. The Hall–Kier alpha value is -1.45. The van der Waals surface area contributed by atoms with E-state index in [2.05, 4.69) is 30.7 Å². The lowest BCUT2D eigenvalue weighted by Crippen LogP contribution is -2.22. The van der Waals surface area contributed by atoms with E-state index in [1.807, 2.05) is 27.7 Å². The van der Waals surface area contributed by atoms with Gasteiger partial charge in [-0.25, -0.2) is 0 Å². The molecule has 0 aliphatic carbocycles. The summed E-state index contributed by atoms with van der Waals surface area (Å²) >= 11 is 0. The molecule has 19 heavy (non-hydrogen) atoms. The molecule has 0 unspecified atom stereocenters. The fraction of sp³-hybridized carbons (Fsp3) is 0.667. The van der Waals surface area contributed by atoms with Crippen LogP contribution in [0.1, 0.15) is 54.2 Å². The fourth-order valence-electron chi connectivity index (χ4n) is 1.03. The molecule has 1 rings (SSSR count). The third-order valence-corrected chi connectivity index (χ3v) is 2.22. The van der Waals surface area contributed by atoms with Crippen molar-refractivity contribution in [2.75, 3.05) is 6.61 Å². The van der Waals surface area contributed by atoms with Gasteiger partial charge in [-0.15, -0.1) is 0 Å². The van der Waals surface area contributed by atoms with E-state index in [1.54, 1.807) is 18.6 Å². The van der Waals surface area contributed by atoms with Gasteiger partial charge >= 0.3 is 5.97 Å². The molecule has 1 aromatic rings. The first-order valence-electron chi connectivity index (χ1n) is 6.52. The Labute approximate surface area is 116 Å². The predicted octanol–water partition coefficient (Wildman–Crippen LogP) is 3.37. The van der Waals surface area contributed by atoms with E-state index in [1.165, 1.54) is 0 Å². The molecule has 4 heteroatoms. The monoisotopic (exact) mass is 266 g/mol. The van der Waals surface area contributed by atoms with Crippen molar-refractivity contribution in [3.8, 4) is 0 Å². The van der Waals surface area contributed by atoms with Crippen molar-refractivity contribution in [3.05, 3.63) is 24.3 Å². The Morgan fingerprint density at radius 1 is 1.16 bits per heavy atom. The number of esters is 1. The number of carbonyl (C=O) groups excluding carboxylic acids is 1. The van der Waals surface area contributed by atoms with Crippen LogP contribution in [0.5, 0.6) is 0 Å². The molecule has 1 aromatic heterocycles. The summed E-state index contributed by atoms with van der Waals surface area (Å²) in [5, 5.41) is 0. The minimum Gasteiger partial charge on any atom is -0.466 e. The molecule has 0 radical (unpaired) electrons. The first-order valence-corrected chi connectivity index (χ1v) is 6.52. The molecular weight excluding hydrogens is 240 g/mol. The van der Waals surface area contributed by atoms with Crippen LogP contribution in [0.2, 0.25) is 0 Å². The highest BCUT2D eigenvalue weighted by atomic mass is 16.5. The molecule has 1 heterocycles. The van der Waals surface area contributed by atoms with Crippen LogP contribution in [0, 0.1) is 5.41 Å². The highest BCUT2D eigenvalue weighted by molar-refractivity contribution is 5.75. The number of hydrogen-bond acceptors (Lipinski definition) is 4. The number of aromatic nitrogens is 2. The van der Waals surface area contributed by atoms with Gasteiger partial charge in [0.1, 0.15) is 0 Å². The van der Waals surface area contributed by atoms with Gasteiger partial charge in [0, 0.05) is 24.0 Å². The third-order valence-electron chi connectivity index (χ3n) is 2.22. The van der Waals surface area contributed by atoms with Gasteiger partial charge in [0.25, 0.3) is 0 Å². The zero-order valence-corrected chi connectivity index (χ0v) is 13.2. The van der Waals surface area contributed by atoms with Crippen LogP contribution < -0.4 is 0 Å². The molecule has 0 aromatic carbocycles. The normalized spacial score (nSPS) is 11.3. The summed E-state index contributed by atoms with van der Waals surface area (Å²) in [6, 6.07) is 0. The standard InChI is InChI=1S/C8H12N2.C7H14O2/c1-8(2,3)7-6-9-4-5-10-7;1-5-9-6(8)7(2,3)4/h4-6H,1-3H3;5H2,1-4H3. The molecule has 4 nitrogen and oxygen atoms in total. The number of ether oxygens (including phenoxy) is 1. The number of nitrogens with zero attached hydrogens (tertiary/aromatic N) is 2. The van der Waals surface area contributed by atoms with Crippen molar-refractivity contribution in [2.24, 2.45) is 5.41 Å². The molecule has 0 atom stereocenters. The van der Waals surface area contributed by atoms with Crippen molar-refractivity contribution >= 4 is 5.97 Å². The van der Waals surface area contributed by atoms with Crippen molar-refractivity contribution in [1.82, 2.24) is 9.97 Å². The molecular formula is C15H26N2O2. The summed E-state index contributed by atoms with van der Waals surface area (Å²) in [4.78, 5) is 19.0. The van der Waals surface area contributed by atoms with Gasteiger partial charge in [0.2, 0.25) is 0 Å². The number of rotatable bonds is 1. The molecule has 0 aliphatic heterocycles. The summed E-state index contributed by atoms with van der Waals surface area (Å²) in [6.07, 6.45) is 5.22. The predicted molar refractivity (Wildman–Crippen MR) is 76.8 cm³/mol. The second-order valence-corrected chi connectivity index (χ2v) is 6.31. The van der Waals surface area contributed by atoms with E-state index in [9.17, 15) is 4.79 Å². The third kappa shape index (κ3) is 7.54. The molecule has 0 saturated heterocycles. The summed E-state index contributed by atoms with van der Waals surface area (Å²) in [5.74, 6) is -0.134. The first kappa shape index (κ1) is 17.6. The van der Waals surface area contributed by atoms with Gasteiger partial charge < -0.3 is 4.74 Å². The molecule has 0 aliphatic rings. The lowest BCUT2D eigenvalue weighted by Gasteiger charge is -2.15. The fourth-order valence-corrected chi connectivity index (χ4v) is 1.03. The smallest absolute Gasteiger partial charge is 0.311 e. The van der Waals surface area contributed by atoms with Gasteiger partial charge in [-0.3, -0.25) is 14.8 Å². The van der Waals surface area contributed by atoms with Crippen LogP contribution in [0.3, 0.4) is 0 Å². The maximum absolute atomic E-state index is 10.8. The Bertz CT molecular complexity index is 375. The van der Waals surface area contributed by atoms with Crippen molar-refractivity contribution in [2.45, 2.75) is 53.9 Å². The van der Waals surface area contributed by atoms with Crippen LogP contribution in [0.4, 0.5) is 0 Å². The van der Waals surface area contributed by atoms with Crippen LogP contribution >= 0.6 is 0 Å². The SMILES string of the molecule is CC(C)(C)c1cnccn1.CCOC(=O)C(C)(C)C. The summed E-state index contributed by atoms with van der Waals surface area (Å²) in [7, 11) is 0. The van der Waals surface area contributed by atoms with Crippen molar-refractivity contribution < 1.29 is 9.53 Å². The molecule has 0 N–H and O–H groups in total. The van der Waals surface area contributed by atoms with Crippen LogP contribution in [-0.4, -0.2) is 22.5 Å². The summed E-state index contributed by atoms with van der Waals surface area (Å²) < 4.78 is 4.77. The van der Waals surface area contributed by atoms with Crippen LogP contribution in [0.25, 0.3) is 0 Å². The Balaban J connectivity index is 0.000000344. The maximum atomic E-state index is 10.8. The highest BCUT2D eigenvalue weighted by Gasteiger charge is 2.21. The zero-order chi connectivity index (χ0) is 15.1. The summed E-state index contributed by atoms with van der Waals surface area (Å²) in [6.45, 7) is 14.2. The second kappa shape index (κ2) is 7.22. The van der Waals surface area contributed by atoms with Gasteiger partial charge in [-0.2, -0.15) is 0 Å². The molecule has 108 valence electrons. The molecule has 0 spiro atoms. The average molecular weight is 266 g/mol. The van der Waals surface area contributed by atoms with Crippen molar-refractivity contribution in [1.29, 1.82) is 0 Å². The quantitative estimate of drug-likeness (QED) is 0.731. The van der Waals surface area contributed by atoms with Crippen LogP contribution in [0.15, 0.2) is 18.6 Å². The maximum Gasteiger partial charge on any atom is 0.311 e. The van der Waals surface area contributed by atoms with E-state index >= 15 is 0 Å². The molecule has 0 saturated carbocycles. The largest absolute Gasteiger partial charge is 0.466 e. The van der Waals surface area contributed by atoms with E-state index < -0.39 is 0 Å². The molecule has 0 fully saturated rings. The minimum absolute atomic E-state index is 0.119. The topological polar surface area (TPSA) is 52.1 Å². The Morgan fingerprint density at radius 3 is 1.95 bits per heavy atom. The minimum atomic E-state index is -0.351. The van der Waals surface area contributed by atoms with Gasteiger partial charge in [0.15, 0.2) is 0 Å². The van der Waals surface area contributed by atoms with E-state index in [-0.39, 0.29) is 16.8 Å². The average Bonchev–Trinajstić information content (AvgIpc) is 2.29. The van der Waals surface area contributed by atoms with E-state index in [4.69, 9.17) is 4.74 Å². The number of carbonyl (C=O) groups is 1. The van der Waals surface area contributed by atoms with Gasteiger partial charge in [-0.1, -0.05) is 20.8 Å². The number of hydrogen-bond donors (Lipinski definition) is 0. The van der Waals surface area contributed by atoms with Gasteiger partial charge in [-0.05, 0) is 27.7 Å². The lowest BCUT2D eigenvalue weighted by atomic mass is 9.93. The second-order valence-electron chi connectivity index (χ2n) is 6.31. The van der Waals surface area contributed by atoms with E-state index in [0.29, 0.717) is 6.61 Å². The highest BCUT2D eigenvalue weighted by Crippen LogP contribution is 2.17. The van der Waals surface area contributed by atoms with Gasteiger partial charge in [0.05, 0.1) is 17.7 Å².